The van der Waals surface area contributed by atoms with Gasteiger partial charge >= 0.3 is 0 Å². The molecule has 0 bridgehead atoms. The Morgan fingerprint density at radius 3 is 1.39 bits per heavy atom. The third-order valence-corrected chi connectivity index (χ3v) is 11.6. The number of aromatic nitrogens is 1. The monoisotopic (exact) mass is 506 g/mol. The van der Waals surface area contributed by atoms with Crippen LogP contribution in [0.4, 0.5) is 5.82 Å². The van der Waals surface area contributed by atoms with Crippen molar-refractivity contribution in [1.82, 2.24) is 4.98 Å². The summed E-state index contributed by atoms with van der Waals surface area (Å²) in [5.74, 6) is 0.499. The Kier molecular flexibility index (Phi) is 5.95. The standard InChI is InChI=1S/C29H23BrN2Si/c30-28-20-23(21-32-29(28)31)22-16-18-27(19-17-22)33(24-10-4-1-5-11-24,25-12-6-2-7-13-25)26-14-8-3-9-15-26/h1-21H,(H2,31,32). The van der Waals surface area contributed by atoms with E-state index in [9.17, 15) is 0 Å². The smallest absolute Gasteiger partial charge is 0.179 e. The third kappa shape index (κ3) is 3.92. The van der Waals surface area contributed by atoms with Crippen LogP contribution in [0, 0.1) is 0 Å². The van der Waals surface area contributed by atoms with Crippen molar-refractivity contribution in [2.75, 3.05) is 5.73 Å². The minimum absolute atomic E-state index is 0.499. The second-order valence-electron chi connectivity index (χ2n) is 8.02. The van der Waals surface area contributed by atoms with Gasteiger partial charge in [-0.2, -0.15) is 0 Å². The van der Waals surface area contributed by atoms with Gasteiger partial charge in [0.15, 0.2) is 8.07 Å². The maximum absolute atomic E-state index is 5.89. The number of hydrogen-bond acceptors (Lipinski definition) is 2. The van der Waals surface area contributed by atoms with E-state index < -0.39 is 8.07 Å². The van der Waals surface area contributed by atoms with Crippen molar-refractivity contribution in [3.8, 4) is 11.1 Å². The van der Waals surface area contributed by atoms with Crippen LogP contribution in [0.1, 0.15) is 0 Å². The van der Waals surface area contributed by atoms with Crippen LogP contribution in [0.2, 0.25) is 0 Å². The van der Waals surface area contributed by atoms with Crippen LogP contribution in [0.25, 0.3) is 11.1 Å². The first-order valence-corrected chi connectivity index (χ1v) is 13.7. The van der Waals surface area contributed by atoms with Crippen LogP contribution in [0.5, 0.6) is 0 Å². The van der Waals surface area contributed by atoms with Crippen molar-refractivity contribution in [1.29, 1.82) is 0 Å². The number of benzene rings is 4. The van der Waals surface area contributed by atoms with Gasteiger partial charge in [0.1, 0.15) is 5.82 Å². The molecule has 2 nitrogen and oxygen atoms in total. The predicted octanol–water partition coefficient (Wildman–Crippen LogP) is 4.47. The van der Waals surface area contributed by atoms with Gasteiger partial charge in [0, 0.05) is 11.8 Å². The fraction of sp³-hybridized carbons (Fsp3) is 0. The van der Waals surface area contributed by atoms with Crippen molar-refractivity contribution in [3.63, 3.8) is 0 Å². The summed E-state index contributed by atoms with van der Waals surface area (Å²) in [5.41, 5.74) is 8.04. The van der Waals surface area contributed by atoms with Gasteiger partial charge in [-0.25, -0.2) is 4.98 Å². The summed E-state index contributed by atoms with van der Waals surface area (Å²) in [6, 6.07) is 43.8. The normalized spacial score (nSPS) is 11.3. The molecule has 5 rings (SSSR count). The third-order valence-electron chi connectivity index (χ3n) is 6.14. The van der Waals surface area contributed by atoms with Gasteiger partial charge in [0.2, 0.25) is 0 Å². The molecule has 33 heavy (non-hydrogen) atoms. The van der Waals surface area contributed by atoms with E-state index >= 15 is 0 Å². The summed E-state index contributed by atoms with van der Waals surface area (Å²) in [5, 5.41) is 5.45. The number of rotatable bonds is 5. The second kappa shape index (κ2) is 9.18. The highest BCUT2D eigenvalue weighted by molar-refractivity contribution is 9.10. The summed E-state index contributed by atoms with van der Waals surface area (Å²) < 4.78 is 0.811. The molecule has 0 amide bonds. The SMILES string of the molecule is Nc1ncc(-c2ccc([Si](c3ccccc3)(c3ccccc3)c3ccccc3)cc2)cc1Br. The molecule has 0 fully saturated rings. The molecule has 1 aromatic heterocycles. The van der Waals surface area contributed by atoms with Gasteiger partial charge in [0.05, 0.1) is 4.47 Å². The van der Waals surface area contributed by atoms with Crippen LogP contribution < -0.4 is 26.5 Å². The topological polar surface area (TPSA) is 38.9 Å². The quantitative estimate of drug-likeness (QED) is 0.282. The first-order chi connectivity index (χ1) is 16.2. The van der Waals surface area contributed by atoms with Crippen molar-refractivity contribution in [3.05, 3.63) is 132 Å². The number of hydrogen-bond donors (Lipinski definition) is 1. The molecular formula is C29H23BrN2Si. The van der Waals surface area contributed by atoms with Crippen LogP contribution in [0.3, 0.4) is 0 Å². The zero-order valence-electron chi connectivity index (χ0n) is 18.0. The lowest BCUT2D eigenvalue weighted by Gasteiger charge is -2.34. The fourth-order valence-electron chi connectivity index (χ4n) is 4.58. The lowest BCUT2D eigenvalue weighted by molar-refractivity contribution is 1.32. The van der Waals surface area contributed by atoms with Crippen LogP contribution in [-0.4, -0.2) is 13.1 Å². The van der Waals surface area contributed by atoms with Crippen molar-refractivity contribution < 1.29 is 0 Å². The van der Waals surface area contributed by atoms with Gasteiger partial charge in [-0.15, -0.1) is 0 Å². The molecule has 160 valence electrons. The van der Waals surface area contributed by atoms with E-state index in [1.807, 2.05) is 12.3 Å². The Balaban J connectivity index is 1.75. The van der Waals surface area contributed by atoms with Crippen LogP contribution >= 0.6 is 15.9 Å². The zero-order valence-corrected chi connectivity index (χ0v) is 20.6. The van der Waals surface area contributed by atoms with Crippen molar-refractivity contribution >= 4 is 50.6 Å². The number of pyridine rings is 1. The Morgan fingerprint density at radius 1 is 0.545 bits per heavy atom. The van der Waals surface area contributed by atoms with Crippen LogP contribution in [-0.2, 0) is 0 Å². The summed E-state index contributed by atoms with van der Waals surface area (Å²) in [6.07, 6.45) is 1.82. The first kappa shape index (κ1) is 21.4. The van der Waals surface area contributed by atoms with E-state index in [2.05, 4.69) is 136 Å². The van der Waals surface area contributed by atoms with E-state index in [4.69, 9.17) is 5.73 Å². The predicted molar refractivity (Wildman–Crippen MR) is 145 cm³/mol. The molecule has 4 aromatic carbocycles. The fourth-order valence-corrected chi connectivity index (χ4v) is 9.68. The first-order valence-electron chi connectivity index (χ1n) is 10.9. The molecule has 0 spiro atoms. The molecule has 4 heteroatoms. The zero-order chi connectivity index (χ0) is 22.7. The summed E-state index contributed by atoms with van der Waals surface area (Å²) in [7, 11) is -2.49. The second-order valence-corrected chi connectivity index (χ2v) is 12.7. The van der Waals surface area contributed by atoms with Gasteiger partial charge in [-0.3, -0.25) is 0 Å². The summed E-state index contributed by atoms with van der Waals surface area (Å²) in [4.78, 5) is 4.31. The molecule has 0 unspecified atom stereocenters. The lowest BCUT2D eigenvalue weighted by Crippen LogP contribution is -2.74. The lowest BCUT2D eigenvalue weighted by atomic mass is 10.1. The van der Waals surface area contributed by atoms with Gasteiger partial charge in [0.25, 0.3) is 0 Å². The maximum Gasteiger partial charge on any atom is 0.179 e. The minimum atomic E-state index is -2.49. The van der Waals surface area contributed by atoms with E-state index in [0.29, 0.717) is 5.82 Å². The highest BCUT2D eigenvalue weighted by Crippen LogP contribution is 2.25. The molecule has 0 saturated carbocycles. The van der Waals surface area contributed by atoms with E-state index in [-0.39, 0.29) is 0 Å². The van der Waals surface area contributed by atoms with Gasteiger partial charge in [-0.05, 0) is 48.3 Å². The maximum atomic E-state index is 5.89. The highest BCUT2D eigenvalue weighted by Gasteiger charge is 2.41. The molecule has 0 aliphatic heterocycles. The number of nitrogen functional groups attached to an aromatic ring is 1. The molecule has 0 saturated heterocycles. The molecule has 0 aliphatic carbocycles. The van der Waals surface area contributed by atoms with E-state index in [1.165, 1.54) is 20.7 Å². The van der Waals surface area contributed by atoms with E-state index in [0.717, 1.165) is 15.6 Å². The van der Waals surface area contributed by atoms with E-state index in [1.54, 1.807) is 0 Å². The Morgan fingerprint density at radius 2 is 0.970 bits per heavy atom. The minimum Gasteiger partial charge on any atom is -0.383 e. The van der Waals surface area contributed by atoms with Crippen molar-refractivity contribution in [2.24, 2.45) is 0 Å². The molecule has 0 radical (unpaired) electrons. The molecule has 0 aliphatic rings. The Hall–Kier alpha value is -3.47. The number of nitrogens with zero attached hydrogens (tertiary/aromatic N) is 1. The molecular weight excluding hydrogens is 484 g/mol. The van der Waals surface area contributed by atoms with Gasteiger partial charge < -0.3 is 5.73 Å². The summed E-state index contributed by atoms with van der Waals surface area (Å²) >= 11 is 3.50. The number of halogens is 1. The average molecular weight is 508 g/mol. The molecule has 5 aromatic rings. The Labute approximate surface area is 203 Å². The highest BCUT2D eigenvalue weighted by atomic mass is 79.9. The van der Waals surface area contributed by atoms with Crippen molar-refractivity contribution in [2.45, 2.75) is 0 Å². The Bertz CT molecular complexity index is 1260. The van der Waals surface area contributed by atoms with Crippen LogP contribution in [0.15, 0.2) is 132 Å². The van der Waals surface area contributed by atoms with Gasteiger partial charge in [-0.1, -0.05) is 115 Å². The number of anilines is 1. The molecule has 2 N–H and O–H groups in total. The molecule has 1 heterocycles. The summed E-state index contributed by atoms with van der Waals surface area (Å²) in [6.45, 7) is 0. The molecule has 0 atom stereocenters. The number of nitrogens with two attached hydrogens (primary N) is 1. The largest absolute Gasteiger partial charge is 0.383 e. The average Bonchev–Trinajstić information content (AvgIpc) is 2.89.